The fraction of sp³-hybridized carbons (Fsp3) is 0.350. The van der Waals surface area contributed by atoms with Crippen molar-refractivity contribution in [3.05, 3.63) is 65.5 Å². The molecule has 0 N–H and O–H groups in total. The number of pyridine rings is 1. The summed E-state index contributed by atoms with van der Waals surface area (Å²) in [7, 11) is 0. The summed E-state index contributed by atoms with van der Waals surface area (Å²) >= 11 is 0. The van der Waals surface area contributed by atoms with Gasteiger partial charge < -0.3 is 9.64 Å². The van der Waals surface area contributed by atoms with Crippen molar-refractivity contribution in [1.82, 2.24) is 9.88 Å². The van der Waals surface area contributed by atoms with Crippen LogP contribution in [-0.2, 0) is 11.3 Å². The molecule has 126 valence electrons. The van der Waals surface area contributed by atoms with E-state index in [9.17, 15) is 4.79 Å². The molecule has 1 aromatic heterocycles. The molecular weight excluding hydrogens is 314 g/mol. The molecule has 1 aromatic carbocycles. The van der Waals surface area contributed by atoms with Gasteiger partial charge in [0, 0.05) is 36.5 Å². The normalized spacial score (nSPS) is 24.3. The predicted octanol–water partition coefficient (Wildman–Crippen LogP) is 2.77. The first-order chi connectivity index (χ1) is 12.2. The summed E-state index contributed by atoms with van der Waals surface area (Å²) in [4.78, 5) is 18.8. The quantitative estimate of drug-likeness (QED) is 0.863. The molecule has 2 aromatic rings. The van der Waals surface area contributed by atoms with Crippen LogP contribution in [0.2, 0.25) is 0 Å². The maximum absolute atomic E-state index is 12.8. The van der Waals surface area contributed by atoms with Crippen LogP contribution in [0.25, 0.3) is 0 Å². The lowest BCUT2D eigenvalue weighted by atomic mass is 10.0. The molecule has 1 aliphatic carbocycles. The fourth-order valence-corrected chi connectivity index (χ4v) is 3.93. The highest BCUT2D eigenvalue weighted by Crippen LogP contribution is 2.40. The lowest BCUT2D eigenvalue weighted by Gasteiger charge is -2.31. The van der Waals surface area contributed by atoms with Crippen molar-refractivity contribution >= 4 is 5.91 Å². The zero-order valence-electron chi connectivity index (χ0n) is 13.8. The molecule has 4 rings (SSSR count). The largest absolute Gasteiger partial charge is 0.373 e. The van der Waals surface area contributed by atoms with E-state index in [0.29, 0.717) is 23.7 Å². The predicted molar refractivity (Wildman–Crippen MR) is 91.5 cm³/mol. The first-order valence-electron chi connectivity index (χ1n) is 8.56. The zero-order valence-corrected chi connectivity index (χ0v) is 13.8. The van der Waals surface area contributed by atoms with E-state index in [1.165, 1.54) is 0 Å². The number of aromatic nitrogens is 1. The van der Waals surface area contributed by atoms with Crippen LogP contribution >= 0.6 is 0 Å². The van der Waals surface area contributed by atoms with Crippen LogP contribution in [-0.4, -0.2) is 34.5 Å². The number of likely N-dealkylation sites (tertiary alicyclic amines) is 1. The Morgan fingerprint density at radius 3 is 2.96 bits per heavy atom. The first kappa shape index (κ1) is 15.8. The number of carbonyl (C=O) groups excluding carboxylic acids is 1. The number of carbonyl (C=O) groups is 1. The second-order valence-electron chi connectivity index (χ2n) is 6.75. The van der Waals surface area contributed by atoms with Crippen molar-refractivity contribution in [2.24, 2.45) is 5.92 Å². The Kier molecular flexibility index (Phi) is 4.21. The molecule has 3 atom stereocenters. The maximum Gasteiger partial charge on any atom is 0.254 e. The second kappa shape index (κ2) is 6.66. The molecule has 25 heavy (non-hydrogen) atoms. The lowest BCUT2D eigenvalue weighted by molar-refractivity contribution is -0.00796. The summed E-state index contributed by atoms with van der Waals surface area (Å²) in [5, 5.41) is 9.01. The number of nitriles is 1. The molecule has 5 heteroatoms. The molecule has 1 amide bonds. The third-order valence-corrected chi connectivity index (χ3v) is 5.16. The minimum Gasteiger partial charge on any atom is -0.373 e. The Morgan fingerprint density at radius 2 is 2.24 bits per heavy atom. The standard InChI is InChI=1S/C20H19N3O2/c21-10-14-3-1-5-16(7-14)20(24)23-12-17-8-18(23)9-19(17)25-13-15-4-2-6-22-11-15/h1-7,11,17-19H,8-9,12-13H2. The Balaban J connectivity index is 1.38. The average Bonchev–Trinajstić information content (AvgIpc) is 3.27. The first-order valence-corrected chi connectivity index (χ1v) is 8.56. The van der Waals surface area contributed by atoms with Gasteiger partial charge in [-0.15, -0.1) is 0 Å². The summed E-state index contributed by atoms with van der Waals surface area (Å²) in [6.45, 7) is 1.30. The monoisotopic (exact) mass is 333 g/mol. The number of fused-ring (bicyclic) bond motifs is 2. The minimum absolute atomic E-state index is 0.0234. The topological polar surface area (TPSA) is 66.2 Å². The van der Waals surface area contributed by atoms with E-state index in [-0.39, 0.29) is 18.1 Å². The van der Waals surface area contributed by atoms with Gasteiger partial charge in [-0.3, -0.25) is 9.78 Å². The van der Waals surface area contributed by atoms with Crippen molar-refractivity contribution in [3.8, 4) is 6.07 Å². The van der Waals surface area contributed by atoms with E-state index >= 15 is 0 Å². The molecule has 2 fully saturated rings. The highest BCUT2D eigenvalue weighted by atomic mass is 16.5. The Morgan fingerprint density at radius 1 is 1.32 bits per heavy atom. The highest BCUT2D eigenvalue weighted by molar-refractivity contribution is 5.95. The molecule has 1 saturated carbocycles. The Labute approximate surface area is 146 Å². The second-order valence-corrected chi connectivity index (χ2v) is 6.75. The smallest absolute Gasteiger partial charge is 0.254 e. The molecule has 0 radical (unpaired) electrons. The van der Waals surface area contributed by atoms with Crippen LogP contribution < -0.4 is 0 Å². The van der Waals surface area contributed by atoms with Crippen LogP contribution in [0.3, 0.4) is 0 Å². The summed E-state index contributed by atoms with van der Waals surface area (Å²) in [5.41, 5.74) is 2.19. The van der Waals surface area contributed by atoms with Gasteiger partial charge >= 0.3 is 0 Å². The SMILES string of the molecule is N#Cc1cccc(C(=O)N2CC3CC2CC3OCc2cccnc2)c1. The number of ether oxygens (including phenoxy) is 1. The van der Waals surface area contributed by atoms with E-state index in [0.717, 1.165) is 24.9 Å². The molecule has 2 aliphatic rings. The van der Waals surface area contributed by atoms with E-state index in [4.69, 9.17) is 10.00 Å². The van der Waals surface area contributed by atoms with E-state index < -0.39 is 0 Å². The highest BCUT2D eigenvalue weighted by Gasteiger charge is 2.47. The third-order valence-electron chi connectivity index (χ3n) is 5.16. The average molecular weight is 333 g/mol. The van der Waals surface area contributed by atoms with E-state index in [1.807, 2.05) is 23.2 Å². The molecule has 5 nitrogen and oxygen atoms in total. The van der Waals surface area contributed by atoms with Crippen molar-refractivity contribution in [1.29, 1.82) is 5.26 Å². The van der Waals surface area contributed by atoms with Crippen LogP contribution in [0.1, 0.15) is 34.3 Å². The van der Waals surface area contributed by atoms with Crippen molar-refractivity contribution in [2.45, 2.75) is 31.6 Å². The van der Waals surface area contributed by atoms with Gasteiger partial charge in [-0.2, -0.15) is 5.26 Å². The molecule has 2 bridgehead atoms. The summed E-state index contributed by atoms with van der Waals surface area (Å²) < 4.78 is 6.07. The maximum atomic E-state index is 12.8. The van der Waals surface area contributed by atoms with Gasteiger partial charge in [-0.1, -0.05) is 12.1 Å². The van der Waals surface area contributed by atoms with Crippen LogP contribution in [0.4, 0.5) is 0 Å². The molecule has 2 heterocycles. The van der Waals surface area contributed by atoms with Gasteiger partial charge in [0.1, 0.15) is 0 Å². The molecule has 1 saturated heterocycles. The van der Waals surface area contributed by atoms with Gasteiger partial charge in [0.25, 0.3) is 5.91 Å². The molecule has 1 aliphatic heterocycles. The van der Waals surface area contributed by atoms with Crippen molar-refractivity contribution in [2.75, 3.05) is 6.54 Å². The number of nitrogens with zero attached hydrogens (tertiary/aromatic N) is 3. The van der Waals surface area contributed by atoms with Gasteiger partial charge in [0.15, 0.2) is 0 Å². The van der Waals surface area contributed by atoms with Gasteiger partial charge in [-0.05, 0) is 42.7 Å². The number of hydrogen-bond acceptors (Lipinski definition) is 4. The third kappa shape index (κ3) is 3.13. The van der Waals surface area contributed by atoms with Crippen LogP contribution in [0, 0.1) is 17.2 Å². The molecular formula is C20H19N3O2. The number of benzene rings is 1. The van der Waals surface area contributed by atoms with Crippen LogP contribution in [0.15, 0.2) is 48.8 Å². The fourth-order valence-electron chi connectivity index (χ4n) is 3.93. The number of piperidine rings is 1. The lowest BCUT2D eigenvalue weighted by Crippen LogP contribution is -2.42. The van der Waals surface area contributed by atoms with E-state index in [1.54, 1.807) is 30.5 Å². The number of rotatable bonds is 4. The summed E-state index contributed by atoms with van der Waals surface area (Å²) in [6, 6.07) is 13.2. The van der Waals surface area contributed by atoms with Gasteiger partial charge in [-0.25, -0.2) is 0 Å². The van der Waals surface area contributed by atoms with Gasteiger partial charge in [0.2, 0.25) is 0 Å². The molecule has 3 unspecified atom stereocenters. The van der Waals surface area contributed by atoms with Crippen molar-refractivity contribution < 1.29 is 9.53 Å². The Bertz CT molecular complexity index is 815. The zero-order chi connectivity index (χ0) is 17.2. The number of amides is 1. The molecule has 0 spiro atoms. The summed E-state index contributed by atoms with van der Waals surface area (Å²) in [6.07, 6.45) is 5.67. The van der Waals surface area contributed by atoms with Crippen molar-refractivity contribution in [3.63, 3.8) is 0 Å². The number of hydrogen-bond donors (Lipinski definition) is 0. The van der Waals surface area contributed by atoms with E-state index in [2.05, 4.69) is 11.1 Å². The summed E-state index contributed by atoms with van der Waals surface area (Å²) in [5.74, 6) is 0.417. The Hall–Kier alpha value is -2.71. The van der Waals surface area contributed by atoms with Gasteiger partial charge in [0.05, 0.1) is 24.3 Å². The minimum atomic E-state index is 0.0234. The van der Waals surface area contributed by atoms with Crippen LogP contribution in [0.5, 0.6) is 0 Å².